The first-order valence-corrected chi connectivity index (χ1v) is 14.6. The van der Waals surface area contributed by atoms with Gasteiger partial charge in [0.25, 0.3) is 10.0 Å². The highest BCUT2D eigenvalue weighted by atomic mass is 32.2. The van der Waals surface area contributed by atoms with E-state index in [4.69, 9.17) is 4.74 Å². The normalized spacial score (nSPS) is 28.1. The van der Waals surface area contributed by atoms with Crippen molar-refractivity contribution in [1.29, 1.82) is 0 Å². The summed E-state index contributed by atoms with van der Waals surface area (Å²) in [6, 6.07) is 13.1. The van der Waals surface area contributed by atoms with E-state index in [2.05, 4.69) is 16.6 Å². The summed E-state index contributed by atoms with van der Waals surface area (Å²) >= 11 is 0. The SMILES string of the molecule is CC1CCC(/C=N\S(=O)(=O)c2ccc3c(c2)[C@H]2OCC[C@H]2C(c2ccc(C(=O)C(C)C)cc2)N3)CC1. The van der Waals surface area contributed by atoms with Crippen LogP contribution in [-0.2, 0) is 14.8 Å². The van der Waals surface area contributed by atoms with Crippen LogP contribution < -0.4 is 5.32 Å². The first-order valence-electron chi connectivity index (χ1n) is 13.2. The molecule has 0 amide bonds. The van der Waals surface area contributed by atoms with E-state index in [9.17, 15) is 13.2 Å². The van der Waals surface area contributed by atoms with Gasteiger partial charge in [-0.2, -0.15) is 12.8 Å². The van der Waals surface area contributed by atoms with Crippen LogP contribution in [0.1, 0.15) is 86.5 Å². The number of nitrogens with zero attached hydrogens (tertiary/aromatic N) is 1. The molecule has 1 saturated carbocycles. The quantitative estimate of drug-likeness (QED) is 0.363. The lowest BCUT2D eigenvalue weighted by Gasteiger charge is -2.36. The Kier molecular flexibility index (Phi) is 7.05. The van der Waals surface area contributed by atoms with E-state index in [0.717, 1.165) is 54.5 Å². The standard InChI is InChI=1S/C29H36N2O4S/c1-18(2)28(32)22-10-8-21(9-11-22)27-24-14-15-35-29(24)25-16-23(12-13-26(25)31-27)36(33,34)30-17-20-6-4-19(3)5-7-20/h8-13,16-20,24,27,29,31H,4-7,14-15H2,1-3H3/b30-17-/t19?,20?,24-,27?,29-/m0/s1. The van der Waals surface area contributed by atoms with Gasteiger partial charge in [-0.25, -0.2) is 0 Å². The summed E-state index contributed by atoms with van der Waals surface area (Å²) in [6.07, 6.45) is 6.60. The number of hydrogen-bond acceptors (Lipinski definition) is 5. The number of fused-ring (bicyclic) bond motifs is 3. The minimum Gasteiger partial charge on any atom is -0.378 e. The summed E-state index contributed by atoms with van der Waals surface area (Å²) in [5.74, 6) is 1.23. The smallest absolute Gasteiger partial charge is 0.281 e. The molecule has 2 aromatic carbocycles. The summed E-state index contributed by atoms with van der Waals surface area (Å²) in [7, 11) is -3.77. The Bertz CT molecular complexity index is 1240. The second kappa shape index (κ2) is 10.1. The van der Waals surface area contributed by atoms with Gasteiger partial charge in [0, 0.05) is 41.5 Å². The van der Waals surface area contributed by atoms with Crippen LogP contribution in [0.5, 0.6) is 0 Å². The monoisotopic (exact) mass is 508 g/mol. The Morgan fingerprint density at radius 1 is 1.06 bits per heavy atom. The molecule has 7 heteroatoms. The van der Waals surface area contributed by atoms with Crippen molar-refractivity contribution >= 4 is 27.7 Å². The van der Waals surface area contributed by atoms with E-state index in [1.165, 1.54) is 0 Å². The fourth-order valence-electron chi connectivity index (χ4n) is 5.79. The van der Waals surface area contributed by atoms with Gasteiger partial charge in [0.2, 0.25) is 0 Å². The minimum absolute atomic E-state index is 0.0300. The molecule has 36 heavy (non-hydrogen) atoms. The molecule has 0 spiro atoms. The van der Waals surface area contributed by atoms with Gasteiger partial charge in [0.05, 0.1) is 17.0 Å². The van der Waals surface area contributed by atoms with E-state index in [1.54, 1.807) is 18.3 Å². The van der Waals surface area contributed by atoms with E-state index < -0.39 is 10.0 Å². The molecule has 2 heterocycles. The van der Waals surface area contributed by atoms with Crippen LogP contribution in [0.3, 0.4) is 0 Å². The third kappa shape index (κ3) is 5.00. The van der Waals surface area contributed by atoms with Crippen molar-refractivity contribution in [2.24, 2.45) is 28.1 Å². The van der Waals surface area contributed by atoms with Crippen molar-refractivity contribution < 1.29 is 17.9 Å². The van der Waals surface area contributed by atoms with Gasteiger partial charge in [0.15, 0.2) is 5.78 Å². The van der Waals surface area contributed by atoms with Crippen LogP contribution in [0.15, 0.2) is 51.8 Å². The van der Waals surface area contributed by atoms with Crippen molar-refractivity contribution in [3.63, 3.8) is 0 Å². The van der Waals surface area contributed by atoms with Crippen molar-refractivity contribution in [2.75, 3.05) is 11.9 Å². The highest BCUT2D eigenvalue weighted by molar-refractivity contribution is 7.90. The summed E-state index contributed by atoms with van der Waals surface area (Å²) < 4.78 is 36.3. The van der Waals surface area contributed by atoms with Gasteiger partial charge >= 0.3 is 0 Å². The molecule has 0 aromatic heterocycles. The zero-order valence-corrected chi connectivity index (χ0v) is 22.1. The molecule has 5 rings (SSSR count). The van der Waals surface area contributed by atoms with Gasteiger partial charge in [-0.05, 0) is 54.9 Å². The van der Waals surface area contributed by atoms with E-state index in [0.29, 0.717) is 12.5 Å². The summed E-state index contributed by atoms with van der Waals surface area (Å²) in [5.41, 5.74) is 3.59. The van der Waals surface area contributed by atoms with Gasteiger partial charge in [-0.3, -0.25) is 4.79 Å². The predicted molar refractivity (Wildman–Crippen MR) is 142 cm³/mol. The zero-order valence-electron chi connectivity index (χ0n) is 21.3. The molecule has 6 nitrogen and oxygen atoms in total. The Hall–Kier alpha value is -2.51. The third-order valence-electron chi connectivity index (χ3n) is 8.05. The van der Waals surface area contributed by atoms with E-state index >= 15 is 0 Å². The number of nitrogens with one attached hydrogen (secondary N) is 1. The number of ether oxygens (including phenoxy) is 1. The summed E-state index contributed by atoms with van der Waals surface area (Å²) in [5, 5.41) is 3.62. The highest BCUT2D eigenvalue weighted by Crippen LogP contribution is 2.50. The lowest BCUT2D eigenvalue weighted by molar-refractivity contribution is 0.0827. The number of hydrogen-bond donors (Lipinski definition) is 1. The number of Topliss-reactive ketones (excluding diaryl/α,β-unsaturated/α-hetero) is 1. The lowest BCUT2D eigenvalue weighted by atomic mass is 9.81. The molecule has 0 bridgehead atoms. The fraction of sp³-hybridized carbons (Fsp3) is 0.517. The maximum absolute atomic E-state index is 13.1. The molecule has 1 N–H and O–H groups in total. The second-order valence-electron chi connectivity index (χ2n) is 11.0. The van der Waals surface area contributed by atoms with Crippen LogP contribution in [0.4, 0.5) is 5.69 Å². The van der Waals surface area contributed by atoms with Gasteiger partial charge < -0.3 is 10.1 Å². The lowest BCUT2D eigenvalue weighted by Crippen LogP contribution is -2.29. The first-order chi connectivity index (χ1) is 17.2. The average Bonchev–Trinajstić information content (AvgIpc) is 3.38. The molecule has 3 aliphatic rings. The second-order valence-corrected chi connectivity index (χ2v) is 12.6. The molecular weight excluding hydrogens is 472 g/mol. The Morgan fingerprint density at radius 2 is 1.78 bits per heavy atom. The van der Waals surface area contributed by atoms with Gasteiger partial charge in [0.1, 0.15) is 0 Å². The molecule has 1 saturated heterocycles. The Labute approximate surface area is 214 Å². The molecular formula is C29H36N2O4S. The molecule has 192 valence electrons. The number of ketones is 1. The van der Waals surface area contributed by atoms with Crippen molar-refractivity contribution in [1.82, 2.24) is 0 Å². The maximum Gasteiger partial charge on any atom is 0.281 e. The summed E-state index contributed by atoms with van der Waals surface area (Å²) in [6.45, 7) is 6.70. The fourth-order valence-corrected chi connectivity index (χ4v) is 6.76. The van der Waals surface area contributed by atoms with E-state index in [-0.39, 0.29) is 40.6 Å². The number of sulfonamides is 1. The van der Waals surface area contributed by atoms with E-state index in [1.807, 2.05) is 44.2 Å². The molecule has 2 aliphatic heterocycles. The van der Waals surface area contributed by atoms with Crippen LogP contribution in [-0.4, -0.2) is 27.0 Å². The van der Waals surface area contributed by atoms with Crippen LogP contribution >= 0.6 is 0 Å². The largest absolute Gasteiger partial charge is 0.378 e. The Morgan fingerprint density at radius 3 is 2.47 bits per heavy atom. The molecule has 2 fully saturated rings. The topological polar surface area (TPSA) is 84.8 Å². The maximum atomic E-state index is 13.1. The molecule has 0 radical (unpaired) electrons. The van der Waals surface area contributed by atoms with Crippen LogP contribution in [0.25, 0.3) is 0 Å². The summed E-state index contributed by atoms with van der Waals surface area (Å²) in [4.78, 5) is 12.6. The highest BCUT2D eigenvalue weighted by Gasteiger charge is 2.42. The number of carbonyl (C=O) groups is 1. The minimum atomic E-state index is -3.77. The van der Waals surface area contributed by atoms with Crippen molar-refractivity contribution in [2.45, 2.75) is 69.9 Å². The van der Waals surface area contributed by atoms with Gasteiger partial charge in [-0.15, -0.1) is 0 Å². The van der Waals surface area contributed by atoms with Crippen molar-refractivity contribution in [3.8, 4) is 0 Å². The van der Waals surface area contributed by atoms with Crippen LogP contribution in [0, 0.1) is 23.7 Å². The third-order valence-corrected chi connectivity index (χ3v) is 9.30. The number of benzene rings is 2. The number of carbonyl (C=O) groups excluding carboxylic acids is 1. The van der Waals surface area contributed by atoms with Crippen LogP contribution in [0.2, 0.25) is 0 Å². The first kappa shape index (κ1) is 25.2. The molecule has 2 aromatic rings. The molecule has 3 atom stereocenters. The van der Waals surface area contributed by atoms with Gasteiger partial charge in [-0.1, -0.05) is 57.9 Å². The number of anilines is 1. The molecule has 1 unspecified atom stereocenters. The number of rotatable bonds is 6. The average molecular weight is 509 g/mol. The zero-order chi connectivity index (χ0) is 25.4. The Balaban J connectivity index is 1.38. The molecule has 1 aliphatic carbocycles. The van der Waals surface area contributed by atoms with Crippen molar-refractivity contribution in [3.05, 3.63) is 59.2 Å². The predicted octanol–water partition coefficient (Wildman–Crippen LogP) is 6.36.